The first-order valence-corrected chi connectivity index (χ1v) is 7.68. The number of hydrogen-bond donors (Lipinski definition) is 2. The normalized spacial score (nSPS) is 13.5. The Balaban J connectivity index is 2.05. The van der Waals surface area contributed by atoms with Crippen molar-refractivity contribution >= 4 is 27.5 Å². The van der Waals surface area contributed by atoms with E-state index in [9.17, 15) is 4.79 Å². The van der Waals surface area contributed by atoms with Crippen molar-refractivity contribution in [3.8, 4) is 0 Å². The van der Waals surface area contributed by atoms with Crippen LogP contribution in [0.15, 0.2) is 53.0 Å². The molecule has 0 bridgehead atoms. The maximum Gasteiger partial charge on any atom is 0.227 e. The van der Waals surface area contributed by atoms with Gasteiger partial charge < -0.3 is 11.1 Å². The highest BCUT2D eigenvalue weighted by Gasteiger charge is 2.18. The first-order valence-electron chi connectivity index (χ1n) is 6.88. The SMILES string of the molecule is CC(NC(=O)C(C)c1cccc(N)c1)c1ccc(Br)cc1. The number of anilines is 1. The Morgan fingerprint density at radius 1 is 1.10 bits per heavy atom. The second-order valence-electron chi connectivity index (χ2n) is 5.17. The van der Waals surface area contributed by atoms with E-state index in [0.717, 1.165) is 15.6 Å². The minimum atomic E-state index is -0.230. The van der Waals surface area contributed by atoms with Crippen molar-refractivity contribution in [1.82, 2.24) is 5.32 Å². The van der Waals surface area contributed by atoms with Gasteiger partial charge in [-0.1, -0.05) is 40.2 Å². The largest absolute Gasteiger partial charge is 0.399 e. The molecular weight excluding hydrogens is 328 g/mol. The van der Waals surface area contributed by atoms with E-state index in [1.54, 1.807) is 0 Å². The first-order chi connectivity index (χ1) is 9.97. The predicted molar refractivity (Wildman–Crippen MR) is 90.0 cm³/mol. The number of amides is 1. The Hall–Kier alpha value is -1.81. The van der Waals surface area contributed by atoms with E-state index in [1.165, 1.54) is 0 Å². The van der Waals surface area contributed by atoms with E-state index in [0.29, 0.717) is 5.69 Å². The lowest BCUT2D eigenvalue weighted by Crippen LogP contribution is -2.30. The number of hydrogen-bond acceptors (Lipinski definition) is 2. The Morgan fingerprint density at radius 3 is 2.38 bits per heavy atom. The number of nitrogens with one attached hydrogen (secondary N) is 1. The van der Waals surface area contributed by atoms with Gasteiger partial charge in [0.15, 0.2) is 0 Å². The zero-order valence-electron chi connectivity index (χ0n) is 12.1. The molecule has 0 aliphatic carbocycles. The van der Waals surface area contributed by atoms with Gasteiger partial charge in [0, 0.05) is 10.2 Å². The van der Waals surface area contributed by atoms with Crippen LogP contribution in [0.25, 0.3) is 0 Å². The van der Waals surface area contributed by atoms with Crippen LogP contribution in [0.4, 0.5) is 5.69 Å². The molecule has 0 fully saturated rings. The molecule has 21 heavy (non-hydrogen) atoms. The smallest absolute Gasteiger partial charge is 0.227 e. The lowest BCUT2D eigenvalue weighted by molar-refractivity contribution is -0.122. The molecule has 3 N–H and O–H groups in total. The van der Waals surface area contributed by atoms with Crippen LogP contribution >= 0.6 is 15.9 Å². The van der Waals surface area contributed by atoms with Crippen molar-refractivity contribution in [2.24, 2.45) is 0 Å². The number of rotatable bonds is 4. The monoisotopic (exact) mass is 346 g/mol. The van der Waals surface area contributed by atoms with Gasteiger partial charge in [-0.25, -0.2) is 0 Å². The topological polar surface area (TPSA) is 55.1 Å². The van der Waals surface area contributed by atoms with Gasteiger partial charge in [0.2, 0.25) is 5.91 Å². The zero-order valence-corrected chi connectivity index (χ0v) is 13.7. The number of nitrogens with two attached hydrogens (primary N) is 1. The third-order valence-corrected chi connectivity index (χ3v) is 4.06. The fourth-order valence-electron chi connectivity index (χ4n) is 2.15. The predicted octanol–water partition coefficient (Wildman–Crippen LogP) is 4.01. The average Bonchev–Trinajstić information content (AvgIpc) is 2.47. The fraction of sp³-hybridized carbons (Fsp3) is 0.235. The minimum Gasteiger partial charge on any atom is -0.399 e. The van der Waals surface area contributed by atoms with Gasteiger partial charge in [-0.05, 0) is 49.2 Å². The second kappa shape index (κ2) is 6.76. The summed E-state index contributed by atoms with van der Waals surface area (Å²) in [6.07, 6.45) is 0. The van der Waals surface area contributed by atoms with Crippen molar-refractivity contribution < 1.29 is 4.79 Å². The summed E-state index contributed by atoms with van der Waals surface area (Å²) >= 11 is 3.41. The molecule has 110 valence electrons. The molecule has 0 aromatic heterocycles. The molecule has 0 spiro atoms. The Kier molecular flexibility index (Phi) is 5.02. The van der Waals surface area contributed by atoms with Gasteiger partial charge >= 0.3 is 0 Å². The van der Waals surface area contributed by atoms with Gasteiger partial charge in [0.25, 0.3) is 0 Å². The van der Waals surface area contributed by atoms with Crippen molar-refractivity contribution in [2.75, 3.05) is 5.73 Å². The lowest BCUT2D eigenvalue weighted by atomic mass is 9.99. The Labute approximate surface area is 133 Å². The third kappa shape index (κ3) is 4.08. The highest BCUT2D eigenvalue weighted by molar-refractivity contribution is 9.10. The van der Waals surface area contributed by atoms with Crippen LogP contribution < -0.4 is 11.1 Å². The first kappa shape index (κ1) is 15.6. The molecule has 3 nitrogen and oxygen atoms in total. The van der Waals surface area contributed by atoms with Gasteiger partial charge in [-0.15, -0.1) is 0 Å². The fourth-order valence-corrected chi connectivity index (χ4v) is 2.42. The summed E-state index contributed by atoms with van der Waals surface area (Å²) in [5, 5.41) is 3.04. The number of carbonyl (C=O) groups is 1. The third-order valence-electron chi connectivity index (χ3n) is 3.53. The van der Waals surface area contributed by atoms with Crippen molar-refractivity contribution in [3.05, 3.63) is 64.1 Å². The van der Waals surface area contributed by atoms with Gasteiger partial charge in [0.1, 0.15) is 0 Å². The maximum absolute atomic E-state index is 12.3. The number of halogens is 1. The molecule has 0 radical (unpaired) electrons. The van der Waals surface area contributed by atoms with Crippen LogP contribution in [0.1, 0.15) is 36.9 Å². The number of benzene rings is 2. The summed E-state index contributed by atoms with van der Waals surface area (Å²) in [5.41, 5.74) is 8.44. The van der Waals surface area contributed by atoms with E-state index in [1.807, 2.05) is 62.4 Å². The van der Waals surface area contributed by atoms with Gasteiger partial charge in [0.05, 0.1) is 12.0 Å². The number of carbonyl (C=O) groups excluding carboxylic acids is 1. The summed E-state index contributed by atoms with van der Waals surface area (Å²) in [6.45, 7) is 3.87. The maximum atomic E-state index is 12.3. The van der Waals surface area contributed by atoms with Crippen LogP contribution in [-0.4, -0.2) is 5.91 Å². The lowest BCUT2D eigenvalue weighted by Gasteiger charge is -2.18. The Morgan fingerprint density at radius 2 is 1.76 bits per heavy atom. The summed E-state index contributed by atoms with van der Waals surface area (Å²) in [7, 11) is 0. The van der Waals surface area contributed by atoms with E-state index in [4.69, 9.17) is 5.73 Å². The molecule has 2 atom stereocenters. The van der Waals surface area contributed by atoms with Crippen molar-refractivity contribution in [2.45, 2.75) is 25.8 Å². The van der Waals surface area contributed by atoms with Crippen LogP contribution in [0.2, 0.25) is 0 Å². The van der Waals surface area contributed by atoms with Crippen LogP contribution in [0, 0.1) is 0 Å². The molecule has 0 aliphatic rings. The molecule has 2 aromatic rings. The van der Waals surface area contributed by atoms with Crippen LogP contribution in [0.5, 0.6) is 0 Å². The Bertz CT molecular complexity index is 625. The molecule has 0 saturated carbocycles. The van der Waals surface area contributed by atoms with Gasteiger partial charge in [-0.3, -0.25) is 4.79 Å². The molecule has 2 aromatic carbocycles. The summed E-state index contributed by atoms with van der Waals surface area (Å²) in [6, 6.07) is 15.4. The van der Waals surface area contributed by atoms with Crippen molar-refractivity contribution in [1.29, 1.82) is 0 Å². The summed E-state index contributed by atoms with van der Waals surface area (Å²) in [4.78, 5) is 12.3. The molecule has 1 amide bonds. The quantitative estimate of drug-likeness (QED) is 0.821. The highest BCUT2D eigenvalue weighted by Crippen LogP contribution is 2.21. The molecule has 4 heteroatoms. The molecule has 0 saturated heterocycles. The van der Waals surface area contributed by atoms with Crippen LogP contribution in [-0.2, 0) is 4.79 Å². The van der Waals surface area contributed by atoms with Gasteiger partial charge in [-0.2, -0.15) is 0 Å². The standard InChI is InChI=1S/C17H19BrN2O/c1-11(14-4-3-5-16(19)10-14)17(21)20-12(2)13-6-8-15(18)9-7-13/h3-12H,19H2,1-2H3,(H,20,21). The van der Waals surface area contributed by atoms with Crippen molar-refractivity contribution in [3.63, 3.8) is 0 Å². The average molecular weight is 347 g/mol. The molecule has 2 unspecified atom stereocenters. The van der Waals surface area contributed by atoms with E-state index in [2.05, 4.69) is 21.2 Å². The zero-order chi connectivity index (χ0) is 15.4. The van der Waals surface area contributed by atoms with E-state index in [-0.39, 0.29) is 17.9 Å². The van der Waals surface area contributed by atoms with E-state index >= 15 is 0 Å². The van der Waals surface area contributed by atoms with Crippen LogP contribution in [0.3, 0.4) is 0 Å². The molecule has 0 heterocycles. The number of nitrogen functional groups attached to an aromatic ring is 1. The second-order valence-corrected chi connectivity index (χ2v) is 6.09. The minimum absolute atomic E-state index is 0.00369. The van der Waals surface area contributed by atoms with E-state index < -0.39 is 0 Å². The molecule has 0 aliphatic heterocycles. The molecule has 2 rings (SSSR count). The summed E-state index contributed by atoms with van der Waals surface area (Å²) < 4.78 is 1.03. The molecular formula is C17H19BrN2O. The summed E-state index contributed by atoms with van der Waals surface area (Å²) in [5.74, 6) is -0.234. The highest BCUT2D eigenvalue weighted by atomic mass is 79.9.